The summed E-state index contributed by atoms with van der Waals surface area (Å²) in [4.78, 5) is 105. The van der Waals surface area contributed by atoms with Crippen LogP contribution in [-0.2, 0) is 57.3 Å². The van der Waals surface area contributed by atoms with E-state index in [0.717, 1.165) is 25.7 Å². The van der Waals surface area contributed by atoms with Crippen molar-refractivity contribution in [1.29, 1.82) is 0 Å². The Kier molecular flexibility index (Phi) is 36.8. The van der Waals surface area contributed by atoms with Crippen LogP contribution in [0.25, 0.3) is 0 Å². The van der Waals surface area contributed by atoms with Crippen molar-refractivity contribution in [2.24, 2.45) is 23.7 Å². The predicted molar refractivity (Wildman–Crippen MR) is 368 cm³/mol. The molecule has 0 aromatic carbocycles. The molecule has 5 rings (SSSR count). The fourth-order valence-corrected chi connectivity index (χ4v) is 11.7. The van der Waals surface area contributed by atoms with Crippen LogP contribution < -0.4 is 0 Å². The van der Waals surface area contributed by atoms with Gasteiger partial charge in [0.1, 0.15) is 24.4 Å². The Labute approximate surface area is 566 Å². The number of ether oxygens (including phenoxy) is 4. The Morgan fingerprint density at radius 2 is 0.521 bits per heavy atom. The number of Topliss-reactive ketones (excluding diaryl/α,β-unsaturated/α-hetero) is 4. The van der Waals surface area contributed by atoms with Crippen molar-refractivity contribution in [3.63, 3.8) is 0 Å². The molecule has 0 saturated heterocycles. The SMILES string of the molecule is CC/C=C\C[C@@H]1C/C=C2/C(=O)C(F)=CC2C/C=C\CCCC(=O)O[C@@H](C/C=C\CC)C/C=C2/C(=O)C(F)=C[C@@H]2C/C=C\CCCC(=O)O[C@H](C/C=C\CC)C/C=C2/C(=O)C(F)=CC2C/C=C\CCCC(=O)O[C@@H](C/C=C\CC)C/C=C2/C(=O)C(F)=C[C@@H]2C/C=C\CCCC(=O)O1. The Balaban J connectivity index is 1.29. The molecular formula is C80H100F4O12. The normalized spacial score (nSPS) is 29.6. The van der Waals surface area contributed by atoms with Crippen molar-refractivity contribution in [3.8, 4) is 0 Å². The monoisotopic (exact) mass is 1330 g/mol. The maximum absolute atomic E-state index is 14.9. The van der Waals surface area contributed by atoms with E-state index in [1.807, 2.05) is 125 Å². The quantitative estimate of drug-likeness (QED) is 0.0784. The molecule has 12 nitrogen and oxygen atoms in total. The van der Waals surface area contributed by atoms with Gasteiger partial charge in [-0.2, -0.15) is 0 Å². The van der Waals surface area contributed by atoms with Crippen LogP contribution in [-0.4, -0.2) is 71.4 Å². The van der Waals surface area contributed by atoms with Gasteiger partial charge in [-0.1, -0.05) is 149 Å². The fraction of sp³-hybridized carbons (Fsp3) is 0.500. The van der Waals surface area contributed by atoms with Crippen LogP contribution in [0.3, 0.4) is 0 Å². The molecule has 2 unspecified atom stereocenters. The van der Waals surface area contributed by atoms with E-state index >= 15 is 0 Å². The van der Waals surface area contributed by atoms with Crippen molar-refractivity contribution >= 4 is 47.0 Å². The number of halogens is 4. The molecule has 0 bridgehead atoms. The second kappa shape index (κ2) is 44.8. The molecule has 96 heavy (non-hydrogen) atoms. The molecule has 4 aliphatic carbocycles. The number of cyclic esters (lactones) is 4. The van der Waals surface area contributed by atoms with E-state index < -0.39 is 118 Å². The molecule has 0 amide bonds. The highest BCUT2D eigenvalue weighted by molar-refractivity contribution is 6.11. The smallest absolute Gasteiger partial charge is 0.306 e. The molecule has 0 radical (unpaired) electrons. The molecule has 1 aliphatic heterocycles. The van der Waals surface area contributed by atoms with Gasteiger partial charge < -0.3 is 18.9 Å². The van der Waals surface area contributed by atoms with Gasteiger partial charge in [0, 0.05) is 123 Å². The second-order valence-corrected chi connectivity index (χ2v) is 24.7. The summed E-state index contributed by atoms with van der Waals surface area (Å²) in [6.07, 6.45) is 50.4. The molecule has 0 aromatic heterocycles. The van der Waals surface area contributed by atoms with Crippen LogP contribution in [0.1, 0.15) is 207 Å². The largest absolute Gasteiger partial charge is 0.462 e. The standard InChI is InChI=1S/C80H100F4O12/c1-5-9-21-37-61-45-49-65-57(53-69(81)77(65)89)33-25-14-18-30-42-74(86)94-63(39-23-11-7-3)47-51-67-59(55-71(83)79(67)91)35-27-16-20-32-44-76(88)96-64(40-24-12-8-4)48-52-68-60(56-72(84)80(68)92)36-28-15-19-31-43-75(87)95-62(38-22-10-6-2)46-50-66-58(54-70(82)78(66)90)34-26-13-17-29-41-73(85)93-61/h9-16,21-28,49-64H,5-8,17-20,29-48H2,1-4H3/b21-9-,22-10-,23-11-,24-12-,25-14-,26-13-,27-16-,28-15-,65-49+,66-50+,67-51+,68-52+/t57-,58?,59?,60-,61-,62+,63+,64-/m0/s1. The van der Waals surface area contributed by atoms with Crippen molar-refractivity contribution in [3.05, 3.63) is 191 Å². The van der Waals surface area contributed by atoms with E-state index in [2.05, 4.69) is 0 Å². The zero-order valence-corrected chi connectivity index (χ0v) is 56.7. The third-order valence-electron chi connectivity index (χ3n) is 16.9. The lowest BCUT2D eigenvalue weighted by Gasteiger charge is -2.16. The van der Waals surface area contributed by atoms with Crippen molar-refractivity contribution in [2.75, 3.05) is 0 Å². The summed E-state index contributed by atoms with van der Waals surface area (Å²) < 4.78 is 83.1. The average Bonchev–Trinajstić information content (AvgIpc) is 1.79. The zero-order valence-electron chi connectivity index (χ0n) is 56.7. The Hall–Kier alpha value is -7.88. The third kappa shape index (κ3) is 28.4. The van der Waals surface area contributed by atoms with Gasteiger partial charge in [0.2, 0.25) is 23.1 Å². The number of fused-ring (bicyclic) bond motifs is 4. The molecule has 5 aliphatic rings. The first-order chi connectivity index (χ1) is 46.5. The van der Waals surface area contributed by atoms with Gasteiger partial charge >= 0.3 is 23.9 Å². The Bertz CT molecular complexity index is 2750. The van der Waals surface area contributed by atoms with Crippen molar-refractivity contribution in [1.82, 2.24) is 0 Å². The van der Waals surface area contributed by atoms with Crippen LogP contribution in [0.5, 0.6) is 0 Å². The summed E-state index contributed by atoms with van der Waals surface area (Å²) in [7, 11) is 0. The maximum atomic E-state index is 14.9. The first kappa shape index (κ1) is 78.8. The molecule has 520 valence electrons. The number of ketones is 4. The lowest BCUT2D eigenvalue weighted by molar-refractivity contribution is -0.149. The first-order valence-corrected chi connectivity index (χ1v) is 34.9. The van der Waals surface area contributed by atoms with Crippen LogP contribution in [0.2, 0.25) is 0 Å². The van der Waals surface area contributed by atoms with E-state index in [4.69, 9.17) is 18.9 Å². The molecule has 0 saturated carbocycles. The number of hydrogen-bond acceptors (Lipinski definition) is 12. The minimum Gasteiger partial charge on any atom is -0.462 e. The molecule has 0 fully saturated rings. The van der Waals surface area contributed by atoms with Gasteiger partial charge in [-0.05, 0) is 127 Å². The van der Waals surface area contributed by atoms with Crippen molar-refractivity contribution < 1.29 is 74.9 Å². The lowest BCUT2D eigenvalue weighted by Crippen LogP contribution is -2.18. The minimum absolute atomic E-state index is 0.0968. The van der Waals surface area contributed by atoms with Gasteiger partial charge in [-0.15, -0.1) is 0 Å². The molecule has 1 heterocycles. The maximum Gasteiger partial charge on any atom is 0.306 e. The summed E-state index contributed by atoms with van der Waals surface area (Å²) in [6.45, 7) is 7.91. The summed E-state index contributed by atoms with van der Waals surface area (Å²) in [5, 5.41) is 0. The number of carbonyl (C=O) groups is 8. The minimum atomic E-state index is -0.849. The number of allylic oxidation sites excluding steroid dienone is 24. The summed E-state index contributed by atoms with van der Waals surface area (Å²) >= 11 is 0. The highest BCUT2D eigenvalue weighted by Gasteiger charge is 2.34. The van der Waals surface area contributed by atoms with Crippen LogP contribution in [0, 0.1) is 23.7 Å². The first-order valence-electron chi connectivity index (χ1n) is 34.9. The van der Waals surface area contributed by atoms with Gasteiger partial charge in [-0.3, -0.25) is 38.4 Å². The summed E-state index contributed by atoms with van der Waals surface area (Å²) in [6, 6.07) is 0. The average molecular weight is 1330 g/mol. The van der Waals surface area contributed by atoms with Crippen LogP contribution in [0.15, 0.2) is 191 Å². The Morgan fingerprint density at radius 3 is 0.719 bits per heavy atom. The number of hydrogen-bond donors (Lipinski definition) is 0. The molecular weight excluding hydrogens is 1230 g/mol. The summed E-state index contributed by atoms with van der Waals surface area (Å²) in [5.74, 6) is -10.1. The molecule has 16 heteroatoms. The predicted octanol–water partition coefficient (Wildman–Crippen LogP) is 19.0. The lowest BCUT2D eigenvalue weighted by atomic mass is 9.95. The fourth-order valence-electron chi connectivity index (χ4n) is 11.7. The topological polar surface area (TPSA) is 173 Å². The van der Waals surface area contributed by atoms with E-state index in [-0.39, 0.29) is 73.7 Å². The highest BCUT2D eigenvalue weighted by atomic mass is 19.1. The number of esters is 4. The number of carbonyl (C=O) groups excluding carboxylic acids is 8. The molecule has 8 atom stereocenters. The van der Waals surface area contributed by atoms with E-state index in [9.17, 15) is 55.9 Å². The van der Waals surface area contributed by atoms with Crippen LogP contribution in [0.4, 0.5) is 17.6 Å². The van der Waals surface area contributed by atoms with Gasteiger partial charge in [0.25, 0.3) is 0 Å². The number of rotatable bonds is 12. The second-order valence-electron chi connectivity index (χ2n) is 24.7. The van der Waals surface area contributed by atoms with E-state index in [1.165, 1.54) is 24.3 Å². The zero-order chi connectivity index (χ0) is 69.5. The molecule has 0 aromatic rings. The van der Waals surface area contributed by atoms with Crippen LogP contribution >= 0.6 is 0 Å². The van der Waals surface area contributed by atoms with E-state index in [0.29, 0.717) is 103 Å². The highest BCUT2D eigenvalue weighted by Crippen LogP contribution is 2.36. The van der Waals surface area contributed by atoms with Gasteiger partial charge in [0.05, 0.1) is 0 Å². The van der Waals surface area contributed by atoms with Crippen molar-refractivity contribution in [2.45, 2.75) is 232 Å². The Morgan fingerprint density at radius 1 is 0.312 bits per heavy atom. The third-order valence-corrected chi connectivity index (χ3v) is 16.9. The van der Waals surface area contributed by atoms with Gasteiger partial charge in [-0.25, -0.2) is 17.6 Å². The molecule has 0 spiro atoms. The van der Waals surface area contributed by atoms with Gasteiger partial charge in [0.15, 0.2) is 23.3 Å². The summed E-state index contributed by atoms with van der Waals surface area (Å²) in [5.41, 5.74) is 1.11. The van der Waals surface area contributed by atoms with E-state index in [1.54, 1.807) is 24.3 Å². The molecule has 0 N–H and O–H groups in total.